The third kappa shape index (κ3) is 7.49. The molecule has 5 rings (SSSR count). The van der Waals surface area contributed by atoms with E-state index < -0.39 is 10.0 Å². The Bertz CT molecular complexity index is 1350. The minimum Gasteiger partial charge on any atom is -0.356 e. The first-order valence-corrected chi connectivity index (χ1v) is 18.3. The fourth-order valence-electron chi connectivity index (χ4n) is 7.91. The molecule has 1 amide bonds. The van der Waals surface area contributed by atoms with Crippen LogP contribution in [0.25, 0.3) is 0 Å². The molecule has 8 heteroatoms. The smallest absolute Gasteiger partial charge is 0.243 e. The van der Waals surface area contributed by atoms with Crippen molar-refractivity contribution in [1.29, 1.82) is 0 Å². The Balaban J connectivity index is 1.16. The van der Waals surface area contributed by atoms with Gasteiger partial charge >= 0.3 is 0 Å². The van der Waals surface area contributed by atoms with Crippen molar-refractivity contribution in [3.8, 4) is 0 Å². The summed E-state index contributed by atoms with van der Waals surface area (Å²) >= 11 is 6.27. The molecule has 236 valence electrons. The van der Waals surface area contributed by atoms with Crippen molar-refractivity contribution in [2.24, 2.45) is 11.8 Å². The van der Waals surface area contributed by atoms with Gasteiger partial charge in [0.1, 0.15) is 0 Å². The molecule has 0 radical (unpaired) electrons. The minimum atomic E-state index is -3.69. The number of halogens is 1. The minimum absolute atomic E-state index is 0.0367. The number of rotatable bonds is 10. The van der Waals surface area contributed by atoms with Crippen LogP contribution in [0.4, 0.5) is 0 Å². The highest BCUT2D eigenvalue weighted by Gasteiger charge is 2.42. The van der Waals surface area contributed by atoms with Gasteiger partial charge in [-0.2, -0.15) is 4.31 Å². The molecule has 1 aliphatic carbocycles. The third-order valence-corrected chi connectivity index (χ3v) is 13.0. The lowest BCUT2D eigenvalue weighted by Gasteiger charge is -2.47. The van der Waals surface area contributed by atoms with E-state index in [1.807, 2.05) is 13.8 Å². The second-order valence-corrected chi connectivity index (χ2v) is 15.8. The van der Waals surface area contributed by atoms with Gasteiger partial charge in [0.05, 0.1) is 4.90 Å². The van der Waals surface area contributed by atoms with Crippen LogP contribution in [0.3, 0.4) is 0 Å². The van der Waals surface area contributed by atoms with Crippen LogP contribution in [-0.2, 0) is 21.2 Å². The molecule has 3 aliphatic rings. The van der Waals surface area contributed by atoms with Gasteiger partial charge in [0.2, 0.25) is 15.9 Å². The van der Waals surface area contributed by atoms with E-state index in [1.165, 1.54) is 44.3 Å². The highest BCUT2D eigenvalue weighted by molar-refractivity contribution is 7.89. The van der Waals surface area contributed by atoms with Crippen molar-refractivity contribution in [2.75, 3.05) is 26.2 Å². The maximum atomic E-state index is 13.8. The molecule has 2 heterocycles. The summed E-state index contributed by atoms with van der Waals surface area (Å²) in [6, 6.07) is 14.2. The van der Waals surface area contributed by atoms with Crippen LogP contribution in [0.2, 0.25) is 5.02 Å². The number of aryl methyl sites for hydroxylation is 2. The summed E-state index contributed by atoms with van der Waals surface area (Å²) in [5.41, 5.74) is 3.09. The topological polar surface area (TPSA) is 69.7 Å². The molecule has 2 aromatic carbocycles. The molecule has 0 spiro atoms. The molecule has 2 saturated heterocycles. The predicted octanol–water partition coefficient (Wildman–Crippen LogP) is 6.91. The number of benzene rings is 2. The highest BCUT2D eigenvalue weighted by atomic mass is 35.5. The van der Waals surface area contributed by atoms with Crippen molar-refractivity contribution in [3.05, 3.63) is 64.2 Å². The predicted molar refractivity (Wildman–Crippen MR) is 175 cm³/mol. The lowest BCUT2D eigenvalue weighted by molar-refractivity contribution is -0.122. The first-order chi connectivity index (χ1) is 20.6. The van der Waals surface area contributed by atoms with Gasteiger partial charge in [0, 0.05) is 36.1 Å². The Morgan fingerprint density at radius 2 is 1.65 bits per heavy atom. The maximum Gasteiger partial charge on any atom is 0.243 e. The van der Waals surface area contributed by atoms with Crippen LogP contribution >= 0.6 is 11.6 Å². The van der Waals surface area contributed by atoms with Gasteiger partial charge in [-0.15, -0.1) is 0 Å². The summed E-state index contributed by atoms with van der Waals surface area (Å²) in [7, 11) is -3.69. The standard InChI is InChI=1S/C35H50ClN3O3S/c1-26-22-33(28(3)21-31(26)36)43(41,42)39-20-8-7-13-32(39)27(2)23-34(40)37-25-30-14-16-35(17-15-30,38-18-9-10-19-38)24-29-11-5-4-6-12-29/h4-6,11-12,21-22,27,30,32H,7-10,13-20,23-25H2,1-3H3,(H,37,40). The van der Waals surface area contributed by atoms with E-state index in [1.54, 1.807) is 23.4 Å². The zero-order valence-electron chi connectivity index (χ0n) is 26.3. The second-order valence-electron chi connectivity index (χ2n) is 13.6. The van der Waals surface area contributed by atoms with Crippen LogP contribution < -0.4 is 5.32 Å². The van der Waals surface area contributed by atoms with Gasteiger partial charge in [-0.1, -0.05) is 55.3 Å². The normalized spacial score (nSPS) is 26.3. The van der Waals surface area contributed by atoms with Gasteiger partial charge in [0.25, 0.3) is 0 Å². The van der Waals surface area contributed by atoms with Crippen LogP contribution in [0.5, 0.6) is 0 Å². The maximum absolute atomic E-state index is 13.8. The second kappa shape index (κ2) is 14.0. The Labute approximate surface area is 264 Å². The number of piperidine rings is 1. The summed E-state index contributed by atoms with van der Waals surface area (Å²) < 4.78 is 29.4. The van der Waals surface area contributed by atoms with Crippen molar-refractivity contribution < 1.29 is 13.2 Å². The van der Waals surface area contributed by atoms with E-state index in [2.05, 4.69) is 40.5 Å². The molecule has 2 atom stereocenters. The van der Waals surface area contributed by atoms with Gasteiger partial charge in [-0.3, -0.25) is 9.69 Å². The molecule has 2 aliphatic heterocycles. The number of carbonyl (C=O) groups excluding carboxylic acids is 1. The Morgan fingerprint density at radius 3 is 2.35 bits per heavy atom. The molecular weight excluding hydrogens is 578 g/mol. The number of hydrogen-bond donors (Lipinski definition) is 1. The van der Waals surface area contributed by atoms with Crippen molar-refractivity contribution in [3.63, 3.8) is 0 Å². The summed E-state index contributed by atoms with van der Waals surface area (Å²) in [5.74, 6) is 0.465. The number of likely N-dealkylation sites (tertiary alicyclic amines) is 1. The lowest BCUT2D eigenvalue weighted by Crippen LogP contribution is -2.52. The summed E-state index contributed by atoms with van der Waals surface area (Å²) in [6.45, 7) is 9.29. The van der Waals surface area contributed by atoms with Crippen LogP contribution in [-0.4, -0.2) is 61.3 Å². The first-order valence-electron chi connectivity index (χ1n) is 16.4. The van der Waals surface area contributed by atoms with E-state index in [4.69, 9.17) is 11.6 Å². The zero-order valence-corrected chi connectivity index (χ0v) is 27.9. The number of sulfonamides is 1. The number of nitrogens with zero attached hydrogens (tertiary/aromatic N) is 2. The molecule has 1 saturated carbocycles. The number of amides is 1. The molecule has 1 N–H and O–H groups in total. The summed E-state index contributed by atoms with van der Waals surface area (Å²) in [6.07, 6.45) is 11.3. The molecule has 2 aromatic rings. The average Bonchev–Trinajstić information content (AvgIpc) is 3.55. The van der Waals surface area contributed by atoms with Crippen LogP contribution in [0, 0.1) is 25.7 Å². The number of carbonyl (C=O) groups is 1. The Kier molecular flexibility index (Phi) is 10.6. The molecule has 0 aromatic heterocycles. The number of nitrogens with one attached hydrogen (secondary N) is 1. The van der Waals surface area contributed by atoms with Crippen molar-refractivity contribution in [1.82, 2.24) is 14.5 Å². The third-order valence-electron chi connectivity index (χ3n) is 10.5. The largest absolute Gasteiger partial charge is 0.356 e. The van der Waals surface area contributed by atoms with Gasteiger partial charge < -0.3 is 5.32 Å². The highest BCUT2D eigenvalue weighted by Crippen LogP contribution is 2.41. The molecule has 3 fully saturated rings. The lowest BCUT2D eigenvalue weighted by atomic mass is 9.72. The van der Waals surface area contributed by atoms with Crippen LogP contribution in [0.15, 0.2) is 47.4 Å². The van der Waals surface area contributed by atoms with Crippen LogP contribution in [0.1, 0.15) is 87.8 Å². The first kappa shape index (κ1) is 32.5. The molecule has 43 heavy (non-hydrogen) atoms. The van der Waals surface area contributed by atoms with E-state index in [0.717, 1.165) is 44.1 Å². The fourth-order valence-corrected chi connectivity index (χ4v) is 10.2. The average molecular weight is 628 g/mol. The van der Waals surface area contributed by atoms with E-state index >= 15 is 0 Å². The monoisotopic (exact) mass is 627 g/mol. The summed E-state index contributed by atoms with van der Waals surface area (Å²) in [4.78, 5) is 16.3. The van der Waals surface area contributed by atoms with E-state index in [0.29, 0.717) is 40.9 Å². The van der Waals surface area contributed by atoms with Gasteiger partial charge in [0.15, 0.2) is 0 Å². The SMILES string of the molecule is Cc1cc(S(=O)(=O)N2CCCCC2C(C)CC(=O)NCC2CCC(Cc3ccccc3)(N3CCCC3)CC2)c(C)cc1Cl. The Hall–Kier alpha value is -1.93. The molecular formula is C35H50ClN3O3S. The van der Waals surface area contributed by atoms with Gasteiger partial charge in [-0.05, 0) is 125 Å². The zero-order chi connectivity index (χ0) is 30.6. The molecule has 2 unspecified atom stereocenters. The van der Waals surface area contributed by atoms with Crippen molar-refractivity contribution >= 4 is 27.5 Å². The number of hydrogen-bond acceptors (Lipinski definition) is 4. The molecule has 6 nitrogen and oxygen atoms in total. The van der Waals surface area contributed by atoms with Gasteiger partial charge in [-0.25, -0.2) is 8.42 Å². The fraction of sp³-hybridized carbons (Fsp3) is 0.629. The summed E-state index contributed by atoms with van der Waals surface area (Å²) in [5, 5.41) is 3.82. The van der Waals surface area contributed by atoms with E-state index in [-0.39, 0.29) is 23.4 Å². The quantitative estimate of drug-likeness (QED) is 0.311. The van der Waals surface area contributed by atoms with E-state index in [9.17, 15) is 13.2 Å². The van der Waals surface area contributed by atoms with Crippen molar-refractivity contribution in [2.45, 2.75) is 108 Å². The Morgan fingerprint density at radius 1 is 0.977 bits per heavy atom. The molecule has 0 bridgehead atoms.